The maximum Gasteiger partial charge on any atom is 0.225 e. The molecule has 13 heavy (non-hydrogen) atoms. The maximum atomic E-state index is 5.71. The molecule has 2 N–H and O–H groups in total. The summed E-state index contributed by atoms with van der Waals surface area (Å²) in [4.78, 5) is 0. The third-order valence-electron chi connectivity index (χ3n) is 2.04. The minimum atomic E-state index is 0.000718. The van der Waals surface area contributed by atoms with Gasteiger partial charge < -0.3 is 10.3 Å². The molecular formula is C10H18N2O. The molecule has 1 rings (SSSR count). The summed E-state index contributed by atoms with van der Waals surface area (Å²) < 4.78 is 5.01. The van der Waals surface area contributed by atoms with Crippen LogP contribution in [0.3, 0.4) is 0 Å². The topological polar surface area (TPSA) is 52.0 Å². The zero-order chi connectivity index (χ0) is 10.2. The Morgan fingerprint density at radius 1 is 1.31 bits per heavy atom. The van der Waals surface area contributed by atoms with E-state index < -0.39 is 0 Å². The van der Waals surface area contributed by atoms with Crippen LogP contribution in [-0.2, 0) is 5.41 Å². The Morgan fingerprint density at radius 2 is 1.85 bits per heavy atom. The molecule has 0 aliphatic heterocycles. The third-order valence-corrected chi connectivity index (χ3v) is 2.04. The summed E-state index contributed by atoms with van der Waals surface area (Å²) >= 11 is 0. The quantitative estimate of drug-likeness (QED) is 0.726. The largest absolute Gasteiger partial charge is 0.367 e. The van der Waals surface area contributed by atoms with Crippen molar-refractivity contribution in [1.29, 1.82) is 0 Å². The summed E-state index contributed by atoms with van der Waals surface area (Å²) in [6.07, 6.45) is 0. The number of anilines is 1. The molecule has 3 nitrogen and oxygen atoms in total. The van der Waals surface area contributed by atoms with E-state index in [1.54, 1.807) is 0 Å². The third kappa shape index (κ3) is 1.85. The number of nitrogens with two attached hydrogens (primary N) is 1. The first-order valence-electron chi connectivity index (χ1n) is 4.59. The predicted octanol–water partition coefficient (Wildman–Crippen LogP) is 2.68. The Hall–Kier alpha value is -0.990. The van der Waals surface area contributed by atoms with Crippen molar-refractivity contribution in [3.05, 3.63) is 11.3 Å². The van der Waals surface area contributed by atoms with Crippen molar-refractivity contribution >= 4 is 5.88 Å². The van der Waals surface area contributed by atoms with Gasteiger partial charge in [-0.25, -0.2) is 0 Å². The number of nitrogen functional groups attached to an aromatic ring is 1. The first-order valence-corrected chi connectivity index (χ1v) is 4.59. The fraction of sp³-hybridized carbons (Fsp3) is 0.700. The van der Waals surface area contributed by atoms with Gasteiger partial charge in [0.05, 0.1) is 5.69 Å². The van der Waals surface area contributed by atoms with Gasteiger partial charge in [-0.2, -0.15) is 0 Å². The lowest BCUT2D eigenvalue weighted by molar-refractivity contribution is 0.405. The number of hydrogen-bond donors (Lipinski definition) is 1. The van der Waals surface area contributed by atoms with Gasteiger partial charge in [0.2, 0.25) is 5.88 Å². The molecule has 0 fully saturated rings. The molecule has 0 saturated carbocycles. The van der Waals surface area contributed by atoms with Crippen molar-refractivity contribution in [2.24, 2.45) is 0 Å². The highest BCUT2D eigenvalue weighted by molar-refractivity contribution is 5.43. The second-order valence-corrected chi connectivity index (χ2v) is 4.71. The number of rotatable bonds is 1. The predicted molar refractivity (Wildman–Crippen MR) is 53.7 cm³/mol. The summed E-state index contributed by atoms with van der Waals surface area (Å²) in [5.41, 5.74) is 7.73. The van der Waals surface area contributed by atoms with Gasteiger partial charge in [-0.05, 0) is 5.92 Å². The monoisotopic (exact) mass is 182 g/mol. The van der Waals surface area contributed by atoms with E-state index in [4.69, 9.17) is 10.3 Å². The van der Waals surface area contributed by atoms with Gasteiger partial charge in [0.15, 0.2) is 0 Å². The van der Waals surface area contributed by atoms with Gasteiger partial charge in [-0.3, -0.25) is 0 Å². The number of hydrogen-bond acceptors (Lipinski definition) is 3. The van der Waals surface area contributed by atoms with Crippen molar-refractivity contribution in [3.63, 3.8) is 0 Å². The summed E-state index contributed by atoms with van der Waals surface area (Å²) in [5.74, 6) is 0.820. The molecule has 1 heterocycles. The average molecular weight is 182 g/mol. The zero-order valence-electron chi connectivity index (χ0n) is 9.01. The lowest BCUT2D eigenvalue weighted by Crippen LogP contribution is -2.15. The normalized spacial score (nSPS) is 12.5. The van der Waals surface area contributed by atoms with Gasteiger partial charge in [0.1, 0.15) is 0 Å². The summed E-state index contributed by atoms with van der Waals surface area (Å²) in [5, 5.41) is 4.01. The van der Waals surface area contributed by atoms with Crippen LogP contribution < -0.4 is 5.73 Å². The van der Waals surface area contributed by atoms with Crippen molar-refractivity contribution < 1.29 is 4.52 Å². The van der Waals surface area contributed by atoms with Crippen LogP contribution in [0.4, 0.5) is 5.88 Å². The first kappa shape index (κ1) is 10.1. The molecule has 0 atom stereocenters. The molecule has 0 spiro atoms. The molecule has 0 unspecified atom stereocenters. The molecule has 0 aromatic carbocycles. The Bertz CT molecular complexity index is 294. The molecule has 0 bridgehead atoms. The van der Waals surface area contributed by atoms with E-state index in [-0.39, 0.29) is 5.41 Å². The molecule has 0 aliphatic carbocycles. The van der Waals surface area contributed by atoms with E-state index in [0.29, 0.717) is 11.8 Å². The maximum absolute atomic E-state index is 5.71. The van der Waals surface area contributed by atoms with E-state index in [1.807, 2.05) is 0 Å². The van der Waals surface area contributed by atoms with Crippen LogP contribution in [0.15, 0.2) is 4.52 Å². The van der Waals surface area contributed by atoms with Crippen LogP contribution in [0.1, 0.15) is 51.8 Å². The van der Waals surface area contributed by atoms with Crippen molar-refractivity contribution in [3.8, 4) is 0 Å². The van der Waals surface area contributed by atoms with Gasteiger partial charge in [0.25, 0.3) is 0 Å². The van der Waals surface area contributed by atoms with Crippen LogP contribution in [-0.4, -0.2) is 5.16 Å². The zero-order valence-corrected chi connectivity index (χ0v) is 9.01. The minimum absolute atomic E-state index is 0.000718. The fourth-order valence-electron chi connectivity index (χ4n) is 1.41. The molecule has 0 radical (unpaired) electrons. The van der Waals surface area contributed by atoms with E-state index in [0.717, 1.165) is 11.3 Å². The van der Waals surface area contributed by atoms with Gasteiger partial charge >= 0.3 is 0 Å². The molecule has 74 valence electrons. The molecule has 0 amide bonds. The van der Waals surface area contributed by atoms with E-state index in [9.17, 15) is 0 Å². The van der Waals surface area contributed by atoms with E-state index >= 15 is 0 Å². The minimum Gasteiger partial charge on any atom is -0.367 e. The van der Waals surface area contributed by atoms with Crippen molar-refractivity contribution in [2.45, 2.75) is 46.0 Å². The van der Waals surface area contributed by atoms with Gasteiger partial charge in [0, 0.05) is 11.0 Å². The highest BCUT2D eigenvalue weighted by Gasteiger charge is 2.26. The fourth-order valence-corrected chi connectivity index (χ4v) is 1.41. The van der Waals surface area contributed by atoms with Crippen molar-refractivity contribution in [2.75, 3.05) is 5.73 Å². The van der Waals surface area contributed by atoms with E-state index in [2.05, 4.69) is 39.8 Å². The Labute approximate surface area is 79.3 Å². The Morgan fingerprint density at radius 3 is 2.15 bits per heavy atom. The number of nitrogens with zero attached hydrogens (tertiary/aromatic N) is 1. The molecular weight excluding hydrogens is 164 g/mol. The van der Waals surface area contributed by atoms with E-state index in [1.165, 1.54) is 0 Å². The van der Waals surface area contributed by atoms with Gasteiger partial charge in [-0.1, -0.05) is 39.8 Å². The lowest BCUT2D eigenvalue weighted by Gasteiger charge is -2.17. The van der Waals surface area contributed by atoms with Crippen LogP contribution in [0.25, 0.3) is 0 Å². The van der Waals surface area contributed by atoms with Crippen LogP contribution in [0.2, 0.25) is 0 Å². The molecule has 0 saturated heterocycles. The molecule has 1 aromatic rings. The average Bonchev–Trinajstić information content (AvgIpc) is 2.28. The standard InChI is InChI=1S/C10H18N2O/c1-6(2)7-8(10(3,4)5)12-13-9(7)11/h6H,11H2,1-5H3. The van der Waals surface area contributed by atoms with Crippen LogP contribution in [0, 0.1) is 0 Å². The molecule has 3 heteroatoms. The first-order chi connectivity index (χ1) is 5.84. The molecule has 0 aliphatic rings. The SMILES string of the molecule is CC(C)c1c(C(C)(C)C)noc1N. The Kier molecular flexibility index (Phi) is 2.37. The Balaban J connectivity index is 3.23. The summed E-state index contributed by atoms with van der Waals surface area (Å²) in [6.45, 7) is 10.5. The summed E-state index contributed by atoms with van der Waals surface area (Å²) in [6, 6.07) is 0. The second kappa shape index (κ2) is 3.05. The lowest BCUT2D eigenvalue weighted by atomic mass is 9.86. The van der Waals surface area contributed by atoms with Crippen LogP contribution in [0.5, 0.6) is 0 Å². The van der Waals surface area contributed by atoms with Crippen LogP contribution >= 0.6 is 0 Å². The number of aromatic nitrogens is 1. The second-order valence-electron chi connectivity index (χ2n) is 4.71. The summed E-state index contributed by atoms with van der Waals surface area (Å²) in [7, 11) is 0. The highest BCUT2D eigenvalue weighted by Crippen LogP contribution is 2.33. The molecule has 1 aromatic heterocycles. The van der Waals surface area contributed by atoms with Gasteiger partial charge in [-0.15, -0.1) is 0 Å². The smallest absolute Gasteiger partial charge is 0.225 e. The highest BCUT2D eigenvalue weighted by atomic mass is 16.5. The van der Waals surface area contributed by atoms with Crippen molar-refractivity contribution in [1.82, 2.24) is 5.16 Å².